The summed E-state index contributed by atoms with van der Waals surface area (Å²) < 4.78 is 25.7. The molecular formula is C24H26FN5O3. The minimum atomic E-state index is -0.314. The number of aryl methyl sites for hydroxylation is 1. The summed E-state index contributed by atoms with van der Waals surface area (Å²) in [5.41, 5.74) is 2.65. The minimum absolute atomic E-state index is 0.0949. The van der Waals surface area contributed by atoms with E-state index in [9.17, 15) is 9.18 Å². The number of aromatic nitrogens is 2. The molecule has 1 fully saturated rings. The van der Waals surface area contributed by atoms with Gasteiger partial charge in [-0.3, -0.25) is 14.6 Å². The van der Waals surface area contributed by atoms with E-state index >= 15 is 0 Å². The van der Waals surface area contributed by atoms with Crippen molar-refractivity contribution < 1.29 is 18.7 Å². The first-order valence-electron chi connectivity index (χ1n) is 11.0. The number of carbonyl (C=O) groups is 1. The van der Waals surface area contributed by atoms with Gasteiger partial charge in [0.1, 0.15) is 11.6 Å². The molecule has 2 aliphatic rings. The van der Waals surface area contributed by atoms with Gasteiger partial charge in [-0.05, 0) is 48.9 Å². The van der Waals surface area contributed by atoms with Gasteiger partial charge < -0.3 is 14.8 Å². The fourth-order valence-electron chi connectivity index (χ4n) is 4.16. The molecule has 0 radical (unpaired) electrons. The number of nitrogens with zero attached hydrogens (tertiary/aromatic N) is 4. The number of fused-ring (bicyclic) bond motifs is 1. The zero-order valence-electron chi connectivity index (χ0n) is 18.5. The Morgan fingerprint density at radius 3 is 2.52 bits per heavy atom. The maximum Gasteiger partial charge on any atom is 0.239 e. The molecular weight excluding hydrogens is 425 g/mol. The first-order chi connectivity index (χ1) is 16.0. The van der Waals surface area contributed by atoms with E-state index in [1.54, 1.807) is 16.8 Å². The number of piperazine rings is 1. The van der Waals surface area contributed by atoms with Crippen molar-refractivity contribution in [3.63, 3.8) is 0 Å². The van der Waals surface area contributed by atoms with Gasteiger partial charge in [0.25, 0.3) is 0 Å². The number of hydrogen-bond donors (Lipinski definition) is 1. The molecule has 1 saturated heterocycles. The van der Waals surface area contributed by atoms with Crippen LogP contribution in [0, 0.1) is 12.7 Å². The molecule has 2 aromatic carbocycles. The Balaban J connectivity index is 1.13. The highest BCUT2D eigenvalue weighted by Crippen LogP contribution is 2.32. The van der Waals surface area contributed by atoms with E-state index in [0.717, 1.165) is 49.9 Å². The number of ether oxygens (including phenoxy) is 2. The van der Waals surface area contributed by atoms with Gasteiger partial charge in [0.05, 0.1) is 17.9 Å². The molecule has 1 aromatic heterocycles. The first-order valence-corrected chi connectivity index (χ1v) is 11.0. The summed E-state index contributed by atoms with van der Waals surface area (Å²) in [5, 5.41) is 7.38. The lowest BCUT2D eigenvalue weighted by Crippen LogP contribution is -2.48. The summed E-state index contributed by atoms with van der Waals surface area (Å²) in [5.74, 6) is 1.77. The molecule has 0 saturated carbocycles. The summed E-state index contributed by atoms with van der Waals surface area (Å²) in [4.78, 5) is 17.2. The molecule has 3 aromatic rings. The molecule has 0 spiro atoms. The third-order valence-electron chi connectivity index (χ3n) is 5.85. The molecule has 3 heterocycles. The highest BCUT2D eigenvalue weighted by atomic mass is 19.1. The van der Waals surface area contributed by atoms with Crippen LogP contribution in [0.25, 0.3) is 5.69 Å². The third-order valence-corrected chi connectivity index (χ3v) is 5.85. The summed E-state index contributed by atoms with van der Waals surface area (Å²) in [6.07, 6.45) is 0. The molecule has 33 heavy (non-hydrogen) atoms. The Bertz CT molecular complexity index is 1140. The molecule has 172 valence electrons. The van der Waals surface area contributed by atoms with Crippen molar-refractivity contribution in [1.29, 1.82) is 0 Å². The standard InChI is InChI=1S/C24H26FN5O3/c1-17-12-23(30(27-17)20-5-3-19(25)4-6-20)26-24(31)15-29-10-8-28(9-11-29)14-18-2-7-21-22(13-18)33-16-32-21/h2-7,12-13H,8-11,14-16H2,1H3,(H,26,31). The third kappa shape index (κ3) is 4.99. The van der Waals surface area contributed by atoms with Crippen molar-refractivity contribution >= 4 is 11.7 Å². The Morgan fingerprint density at radius 2 is 1.73 bits per heavy atom. The van der Waals surface area contributed by atoms with Crippen LogP contribution < -0.4 is 14.8 Å². The minimum Gasteiger partial charge on any atom is -0.454 e. The molecule has 0 bridgehead atoms. The molecule has 0 unspecified atom stereocenters. The second-order valence-corrected chi connectivity index (χ2v) is 8.35. The van der Waals surface area contributed by atoms with Crippen molar-refractivity contribution in [3.8, 4) is 17.2 Å². The molecule has 1 N–H and O–H groups in total. The smallest absolute Gasteiger partial charge is 0.239 e. The number of rotatable bonds is 6. The fraction of sp³-hybridized carbons (Fsp3) is 0.333. The quantitative estimate of drug-likeness (QED) is 0.622. The van der Waals surface area contributed by atoms with Crippen LogP contribution in [0.3, 0.4) is 0 Å². The summed E-state index contributed by atoms with van der Waals surface area (Å²) in [7, 11) is 0. The van der Waals surface area contributed by atoms with Crippen LogP contribution in [0.1, 0.15) is 11.3 Å². The second kappa shape index (κ2) is 9.21. The normalized spacial score (nSPS) is 16.2. The summed E-state index contributed by atoms with van der Waals surface area (Å²) in [6.45, 7) is 6.68. The Kier molecular flexibility index (Phi) is 5.97. The van der Waals surface area contributed by atoms with Gasteiger partial charge in [0, 0.05) is 38.8 Å². The number of anilines is 1. The summed E-state index contributed by atoms with van der Waals surface area (Å²) in [6, 6.07) is 13.9. The Hall–Kier alpha value is -3.43. The van der Waals surface area contributed by atoms with E-state index in [1.807, 2.05) is 25.1 Å². The number of hydrogen-bond acceptors (Lipinski definition) is 6. The zero-order valence-corrected chi connectivity index (χ0v) is 18.5. The average molecular weight is 452 g/mol. The van der Waals surface area contributed by atoms with Crippen LogP contribution in [0.2, 0.25) is 0 Å². The predicted molar refractivity (Wildman–Crippen MR) is 121 cm³/mol. The van der Waals surface area contributed by atoms with Crippen LogP contribution in [0.4, 0.5) is 10.2 Å². The molecule has 8 nitrogen and oxygen atoms in total. The maximum atomic E-state index is 13.3. The van der Waals surface area contributed by atoms with Crippen molar-refractivity contribution in [2.24, 2.45) is 0 Å². The fourth-order valence-corrected chi connectivity index (χ4v) is 4.16. The van der Waals surface area contributed by atoms with E-state index < -0.39 is 0 Å². The maximum absolute atomic E-state index is 13.3. The molecule has 0 aliphatic carbocycles. The van der Waals surface area contributed by atoms with E-state index in [1.165, 1.54) is 17.7 Å². The van der Waals surface area contributed by atoms with E-state index in [4.69, 9.17) is 9.47 Å². The van der Waals surface area contributed by atoms with Crippen molar-refractivity contribution in [2.75, 3.05) is 44.8 Å². The second-order valence-electron chi connectivity index (χ2n) is 8.35. The van der Waals surface area contributed by atoms with E-state index in [0.29, 0.717) is 18.1 Å². The number of carbonyl (C=O) groups excluding carboxylic acids is 1. The van der Waals surface area contributed by atoms with Gasteiger partial charge >= 0.3 is 0 Å². The molecule has 0 atom stereocenters. The SMILES string of the molecule is Cc1cc(NC(=O)CN2CCN(Cc3ccc4c(c3)OCO4)CC2)n(-c2ccc(F)cc2)n1. The zero-order chi connectivity index (χ0) is 22.8. The van der Waals surface area contributed by atoms with Crippen LogP contribution in [-0.2, 0) is 11.3 Å². The van der Waals surface area contributed by atoms with E-state index in [2.05, 4.69) is 26.3 Å². The lowest BCUT2D eigenvalue weighted by atomic mass is 10.1. The predicted octanol–water partition coefficient (Wildman–Crippen LogP) is 2.80. The Labute approximate surface area is 191 Å². The van der Waals surface area contributed by atoms with Gasteiger partial charge in [-0.15, -0.1) is 0 Å². The molecule has 9 heteroatoms. The van der Waals surface area contributed by atoms with Crippen molar-refractivity contribution in [2.45, 2.75) is 13.5 Å². The van der Waals surface area contributed by atoms with Gasteiger partial charge in [-0.1, -0.05) is 6.07 Å². The first kappa shape index (κ1) is 21.4. The van der Waals surface area contributed by atoms with Gasteiger partial charge in [-0.2, -0.15) is 5.10 Å². The number of halogens is 1. The Morgan fingerprint density at radius 1 is 1.00 bits per heavy atom. The molecule has 5 rings (SSSR count). The van der Waals surface area contributed by atoms with Crippen LogP contribution in [0.5, 0.6) is 11.5 Å². The monoisotopic (exact) mass is 451 g/mol. The van der Waals surface area contributed by atoms with Gasteiger partial charge in [0.15, 0.2) is 11.5 Å². The topological polar surface area (TPSA) is 71.9 Å². The summed E-state index contributed by atoms with van der Waals surface area (Å²) >= 11 is 0. The highest BCUT2D eigenvalue weighted by molar-refractivity contribution is 5.91. The number of benzene rings is 2. The van der Waals surface area contributed by atoms with Crippen LogP contribution >= 0.6 is 0 Å². The van der Waals surface area contributed by atoms with Gasteiger partial charge in [0.2, 0.25) is 12.7 Å². The van der Waals surface area contributed by atoms with Gasteiger partial charge in [-0.25, -0.2) is 9.07 Å². The van der Waals surface area contributed by atoms with Crippen LogP contribution in [0.15, 0.2) is 48.5 Å². The van der Waals surface area contributed by atoms with Crippen molar-refractivity contribution in [1.82, 2.24) is 19.6 Å². The number of amides is 1. The largest absolute Gasteiger partial charge is 0.454 e. The lowest BCUT2D eigenvalue weighted by Gasteiger charge is -2.34. The van der Waals surface area contributed by atoms with Crippen molar-refractivity contribution in [3.05, 3.63) is 65.6 Å². The molecule has 2 aliphatic heterocycles. The van der Waals surface area contributed by atoms with E-state index in [-0.39, 0.29) is 18.5 Å². The molecule has 1 amide bonds. The average Bonchev–Trinajstić information content (AvgIpc) is 3.41. The highest BCUT2D eigenvalue weighted by Gasteiger charge is 2.21. The number of nitrogens with one attached hydrogen (secondary N) is 1. The lowest BCUT2D eigenvalue weighted by molar-refractivity contribution is -0.117. The van der Waals surface area contributed by atoms with Crippen LogP contribution in [-0.4, -0.2) is 65.0 Å².